The average Bonchev–Trinajstić information content (AvgIpc) is 3.64. The Hall–Kier alpha value is -5.08. The number of aromatic nitrogens is 6. The van der Waals surface area contributed by atoms with Gasteiger partial charge in [-0.05, 0) is 58.2 Å². The Morgan fingerprint density at radius 3 is 2.61 bits per heavy atom. The molecule has 208 valence electrons. The first kappa shape index (κ1) is 27.5. The van der Waals surface area contributed by atoms with Gasteiger partial charge in [0.05, 0.1) is 17.6 Å². The lowest BCUT2D eigenvalue weighted by atomic mass is 9.98. The first-order valence-corrected chi connectivity index (χ1v) is 13.4. The molecule has 5 rings (SSSR count). The van der Waals surface area contributed by atoms with Crippen molar-refractivity contribution in [3.05, 3.63) is 77.6 Å². The molecule has 41 heavy (non-hydrogen) atoms. The first-order valence-electron chi connectivity index (χ1n) is 13.4. The van der Waals surface area contributed by atoms with Gasteiger partial charge in [-0.2, -0.15) is 5.26 Å². The molecule has 5 aromatic rings. The van der Waals surface area contributed by atoms with Crippen LogP contribution in [0.15, 0.2) is 65.7 Å². The highest BCUT2D eigenvalue weighted by Crippen LogP contribution is 2.31. The van der Waals surface area contributed by atoms with E-state index in [4.69, 9.17) is 20.7 Å². The van der Waals surface area contributed by atoms with Crippen molar-refractivity contribution < 1.29 is 4.74 Å². The van der Waals surface area contributed by atoms with Crippen molar-refractivity contribution in [1.82, 2.24) is 30.2 Å². The highest BCUT2D eigenvalue weighted by Gasteiger charge is 2.18. The minimum atomic E-state index is 0.125. The van der Waals surface area contributed by atoms with Crippen LogP contribution in [0.3, 0.4) is 0 Å². The molecule has 2 aromatic heterocycles. The van der Waals surface area contributed by atoms with Gasteiger partial charge in [-0.1, -0.05) is 55.5 Å². The summed E-state index contributed by atoms with van der Waals surface area (Å²) < 4.78 is 7.55. The van der Waals surface area contributed by atoms with Gasteiger partial charge in [-0.25, -0.2) is 10.1 Å². The molecule has 3 aromatic carbocycles. The number of ether oxygens (including phenoxy) is 1. The van der Waals surface area contributed by atoms with Crippen LogP contribution < -0.4 is 10.6 Å². The number of fused-ring (bicyclic) bond motifs is 1. The van der Waals surface area contributed by atoms with Gasteiger partial charge in [0.25, 0.3) is 0 Å². The number of hydrogen-bond donors (Lipinski definition) is 2. The molecule has 0 radical (unpaired) electrons. The third-order valence-corrected chi connectivity index (χ3v) is 6.99. The van der Waals surface area contributed by atoms with Gasteiger partial charge in [0.15, 0.2) is 5.82 Å². The number of methoxy groups -OCH3 is 1. The van der Waals surface area contributed by atoms with E-state index in [1.807, 2.05) is 31.2 Å². The van der Waals surface area contributed by atoms with Crippen molar-refractivity contribution in [2.75, 3.05) is 25.2 Å². The molecule has 2 heterocycles. The Balaban J connectivity index is 1.53. The van der Waals surface area contributed by atoms with E-state index in [-0.39, 0.29) is 5.96 Å². The number of H-pyrrole nitrogens is 1. The van der Waals surface area contributed by atoms with Crippen LogP contribution in [0.1, 0.15) is 30.3 Å². The summed E-state index contributed by atoms with van der Waals surface area (Å²) in [5, 5.41) is 23.5. The van der Waals surface area contributed by atoms with Crippen molar-refractivity contribution in [2.24, 2.45) is 10.7 Å². The van der Waals surface area contributed by atoms with Crippen LogP contribution in [0.4, 0.5) is 5.69 Å². The van der Waals surface area contributed by atoms with Crippen LogP contribution >= 0.6 is 0 Å². The molecular weight excluding hydrogens is 516 g/mol. The second-order valence-electron chi connectivity index (χ2n) is 9.70. The van der Waals surface area contributed by atoms with E-state index in [2.05, 4.69) is 73.5 Å². The molecule has 0 bridgehead atoms. The van der Waals surface area contributed by atoms with E-state index in [0.717, 1.165) is 63.2 Å². The number of benzene rings is 3. The smallest absolute Gasteiger partial charge is 0.211 e. The number of anilines is 1. The summed E-state index contributed by atoms with van der Waals surface area (Å²) in [6, 6.07) is 20.7. The van der Waals surface area contributed by atoms with Crippen LogP contribution in [0.5, 0.6) is 0 Å². The van der Waals surface area contributed by atoms with Gasteiger partial charge < -0.3 is 19.9 Å². The number of nitrogens with one attached hydrogen (secondary N) is 1. The zero-order valence-electron chi connectivity index (χ0n) is 23.4. The Morgan fingerprint density at radius 1 is 1.15 bits per heavy atom. The number of hydrogen-bond acceptors (Lipinski definition) is 7. The van der Waals surface area contributed by atoms with Crippen LogP contribution in [-0.2, 0) is 17.7 Å². The van der Waals surface area contributed by atoms with Crippen molar-refractivity contribution >= 4 is 22.7 Å². The molecule has 0 aliphatic carbocycles. The van der Waals surface area contributed by atoms with E-state index in [1.165, 1.54) is 0 Å². The molecule has 0 atom stereocenters. The van der Waals surface area contributed by atoms with E-state index >= 15 is 0 Å². The van der Waals surface area contributed by atoms with Gasteiger partial charge in [-0.15, -0.1) is 10.1 Å². The van der Waals surface area contributed by atoms with E-state index < -0.39 is 0 Å². The molecule has 0 aliphatic heterocycles. The molecule has 0 spiro atoms. The normalized spacial score (nSPS) is 11.6. The van der Waals surface area contributed by atoms with Gasteiger partial charge >= 0.3 is 0 Å². The zero-order chi connectivity index (χ0) is 28.8. The van der Waals surface area contributed by atoms with E-state index in [1.54, 1.807) is 18.2 Å². The molecular formula is C30H32N10O. The number of guanidine groups is 1. The number of tetrazole rings is 1. The summed E-state index contributed by atoms with van der Waals surface area (Å²) in [5.41, 5.74) is 14.2. The Kier molecular flexibility index (Phi) is 8.31. The fraction of sp³-hybridized carbons (Fsp3) is 0.267. The predicted molar refractivity (Wildman–Crippen MR) is 159 cm³/mol. The molecule has 0 saturated heterocycles. The lowest BCUT2D eigenvalue weighted by Crippen LogP contribution is -2.39. The maximum Gasteiger partial charge on any atom is 0.211 e. The Labute approximate surface area is 238 Å². The number of imidazole rings is 1. The number of nitriles is 1. The Morgan fingerprint density at radius 2 is 1.93 bits per heavy atom. The van der Waals surface area contributed by atoms with Crippen LogP contribution in [0.2, 0.25) is 0 Å². The van der Waals surface area contributed by atoms with Crippen LogP contribution in [0, 0.1) is 18.4 Å². The van der Waals surface area contributed by atoms with Gasteiger partial charge in [0.2, 0.25) is 12.2 Å². The summed E-state index contributed by atoms with van der Waals surface area (Å²) in [5.74, 6) is 1.78. The summed E-state index contributed by atoms with van der Waals surface area (Å²) in [7, 11) is 1.63. The first-order chi connectivity index (χ1) is 20.0. The molecule has 11 nitrogen and oxygen atoms in total. The fourth-order valence-corrected chi connectivity index (χ4v) is 5.03. The highest BCUT2D eigenvalue weighted by atomic mass is 16.5. The second kappa shape index (κ2) is 12.4. The van der Waals surface area contributed by atoms with Gasteiger partial charge in [0.1, 0.15) is 5.82 Å². The molecule has 0 fully saturated rings. The topological polar surface area (TPSA) is 147 Å². The lowest BCUT2D eigenvalue weighted by Gasteiger charge is -2.23. The minimum absolute atomic E-state index is 0.125. The van der Waals surface area contributed by atoms with Crippen molar-refractivity contribution in [3.63, 3.8) is 0 Å². The monoisotopic (exact) mass is 548 g/mol. The SMILES string of the molecule is CCCc1nc2c(C)cc(N(CCOC)C(N)=NC#N)cc2n1Cc1ccc(-c2ccccc2-c2nnn[nH]2)cc1. The fourth-order valence-electron chi connectivity index (χ4n) is 5.03. The molecule has 0 saturated carbocycles. The predicted octanol–water partition coefficient (Wildman–Crippen LogP) is 4.44. The lowest BCUT2D eigenvalue weighted by molar-refractivity contribution is 0.208. The van der Waals surface area contributed by atoms with E-state index in [0.29, 0.717) is 25.5 Å². The maximum absolute atomic E-state index is 9.11. The second-order valence-corrected chi connectivity index (χ2v) is 9.70. The summed E-state index contributed by atoms with van der Waals surface area (Å²) in [4.78, 5) is 10.6. The van der Waals surface area contributed by atoms with Crippen molar-refractivity contribution in [3.8, 4) is 28.7 Å². The standard InChI is InChI=1S/C30H32N10O/c1-4-7-27-34-28-20(2)16-23(39(14-15-41-3)30(32)33-19-31)17-26(28)40(27)18-21-10-12-22(13-11-21)24-8-5-6-9-25(24)29-35-37-38-36-29/h5-6,8-13,16-17H,4,7,14-15,18H2,1-3H3,(H2,32,33)(H,35,36,37,38). The molecule has 0 unspecified atom stereocenters. The largest absolute Gasteiger partial charge is 0.383 e. The number of nitrogens with zero attached hydrogens (tertiary/aromatic N) is 8. The molecule has 3 N–H and O–H groups in total. The number of nitrogens with two attached hydrogens (primary N) is 1. The van der Waals surface area contributed by atoms with Gasteiger partial charge in [0, 0.05) is 37.9 Å². The maximum atomic E-state index is 9.11. The minimum Gasteiger partial charge on any atom is -0.383 e. The summed E-state index contributed by atoms with van der Waals surface area (Å²) in [6.07, 6.45) is 3.62. The molecule has 0 amide bonds. The molecule has 0 aliphatic rings. The third-order valence-electron chi connectivity index (χ3n) is 6.99. The number of aryl methyl sites for hydroxylation is 2. The van der Waals surface area contributed by atoms with Crippen molar-refractivity contribution in [2.45, 2.75) is 33.2 Å². The Bertz CT molecular complexity index is 1700. The van der Waals surface area contributed by atoms with Crippen LogP contribution in [-0.4, -0.2) is 56.4 Å². The van der Waals surface area contributed by atoms with Gasteiger partial charge in [-0.3, -0.25) is 0 Å². The van der Waals surface area contributed by atoms with Crippen LogP contribution in [0.25, 0.3) is 33.5 Å². The number of aliphatic imine (C=N–C) groups is 1. The number of aromatic amines is 1. The zero-order valence-corrected chi connectivity index (χ0v) is 23.4. The number of rotatable bonds is 10. The highest BCUT2D eigenvalue weighted by molar-refractivity contribution is 5.97. The van der Waals surface area contributed by atoms with E-state index in [9.17, 15) is 0 Å². The molecule has 11 heteroatoms. The summed E-state index contributed by atoms with van der Waals surface area (Å²) >= 11 is 0. The van der Waals surface area contributed by atoms with Crippen molar-refractivity contribution in [1.29, 1.82) is 5.26 Å². The average molecular weight is 549 g/mol. The summed E-state index contributed by atoms with van der Waals surface area (Å²) in [6.45, 7) is 5.75. The quantitative estimate of drug-likeness (QED) is 0.148. The third kappa shape index (κ3) is 5.78.